The summed E-state index contributed by atoms with van der Waals surface area (Å²) in [7, 11) is 0. The number of carbonyl (C=O) groups is 1. The van der Waals surface area contributed by atoms with Crippen LogP contribution in [0.4, 0.5) is 4.39 Å². The predicted molar refractivity (Wildman–Crippen MR) is 71.8 cm³/mol. The Balaban J connectivity index is 2.21. The molecule has 0 saturated carbocycles. The van der Waals surface area contributed by atoms with Crippen LogP contribution in [0.2, 0.25) is 0 Å². The van der Waals surface area contributed by atoms with Crippen LogP contribution in [0, 0.1) is 11.7 Å². The average Bonchev–Trinajstić information content (AvgIpc) is 2.70. The van der Waals surface area contributed by atoms with Gasteiger partial charge in [-0.3, -0.25) is 4.79 Å². The molecule has 1 amide bonds. The van der Waals surface area contributed by atoms with E-state index in [0.717, 1.165) is 6.42 Å². The summed E-state index contributed by atoms with van der Waals surface area (Å²) in [5, 5.41) is 0. The summed E-state index contributed by atoms with van der Waals surface area (Å²) in [6.45, 7) is 3.30. The second kappa shape index (κ2) is 5.36. The zero-order valence-corrected chi connectivity index (χ0v) is 11.8. The van der Waals surface area contributed by atoms with Crippen LogP contribution in [0.5, 0.6) is 0 Å². The lowest BCUT2D eigenvalue weighted by Gasteiger charge is -2.22. The molecule has 1 aromatic carbocycles. The fraction of sp³-hybridized carbons (Fsp3) is 0.462. The van der Waals surface area contributed by atoms with Gasteiger partial charge in [-0.05, 0) is 59.9 Å². The zero-order chi connectivity index (χ0) is 13.3. The molecule has 0 spiro atoms. The molecule has 0 radical (unpaired) electrons. The van der Waals surface area contributed by atoms with Crippen molar-refractivity contribution in [1.82, 2.24) is 4.90 Å². The second-order valence-corrected chi connectivity index (χ2v) is 5.62. The van der Waals surface area contributed by atoms with Crippen LogP contribution in [0.3, 0.4) is 0 Å². The van der Waals surface area contributed by atoms with Crippen LogP contribution in [-0.4, -0.2) is 29.9 Å². The fourth-order valence-electron chi connectivity index (χ4n) is 2.41. The Morgan fingerprint density at radius 3 is 2.89 bits per heavy atom. The lowest BCUT2D eigenvalue weighted by atomic mass is 10.1. The first-order valence-corrected chi connectivity index (χ1v) is 6.78. The fourth-order valence-corrected chi connectivity index (χ4v) is 2.93. The Bertz CT molecular complexity index is 466. The van der Waals surface area contributed by atoms with E-state index in [-0.39, 0.29) is 17.8 Å². The molecule has 1 fully saturated rings. The van der Waals surface area contributed by atoms with Gasteiger partial charge in [0, 0.05) is 17.1 Å². The van der Waals surface area contributed by atoms with Crippen molar-refractivity contribution in [2.24, 2.45) is 11.7 Å². The molecule has 1 saturated heterocycles. The number of carbonyl (C=O) groups excluding carboxylic acids is 1. The lowest BCUT2D eigenvalue weighted by molar-refractivity contribution is 0.0742. The summed E-state index contributed by atoms with van der Waals surface area (Å²) in [5.41, 5.74) is 6.15. The normalized spacial score (nSPS) is 23.4. The van der Waals surface area contributed by atoms with Crippen LogP contribution in [-0.2, 0) is 0 Å². The minimum Gasteiger partial charge on any atom is -0.336 e. The Hall–Kier alpha value is -0.940. The van der Waals surface area contributed by atoms with Gasteiger partial charge in [-0.25, -0.2) is 4.39 Å². The largest absolute Gasteiger partial charge is 0.336 e. The Labute approximate surface area is 114 Å². The summed E-state index contributed by atoms with van der Waals surface area (Å²) in [5.74, 6) is -0.0544. The monoisotopic (exact) mass is 314 g/mol. The minimum atomic E-state index is -0.354. The smallest absolute Gasteiger partial charge is 0.255 e. The predicted octanol–water partition coefficient (Wildman–Crippen LogP) is 2.40. The molecule has 1 aliphatic rings. The highest BCUT2D eigenvalue weighted by Crippen LogP contribution is 2.27. The number of nitrogens with two attached hydrogens (primary N) is 1. The van der Waals surface area contributed by atoms with Crippen molar-refractivity contribution < 1.29 is 9.18 Å². The van der Waals surface area contributed by atoms with Crippen molar-refractivity contribution >= 4 is 21.8 Å². The van der Waals surface area contributed by atoms with Crippen molar-refractivity contribution in [3.8, 4) is 0 Å². The topological polar surface area (TPSA) is 46.3 Å². The Kier molecular flexibility index (Phi) is 4.02. The van der Waals surface area contributed by atoms with E-state index in [0.29, 0.717) is 29.0 Å². The maximum absolute atomic E-state index is 13.0. The number of nitrogens with zero attached hydrogens (tertiary/aromatic N) is 1. The van der Waals surface area contributed by atoms with Crippen LogP contribution in [0.25, 0.3) is 0 Å². The van der Waals surface area contributed by atoms with Gasteiger partial charge in [-0.1, -0.05) is 0 Å². The Morgan fingerprint density at radius 2 is 2.33 bits per heavy atom. The van der Waals surface area contributed by atoms with Gasteiger partial charge in [0.1, 0.15) is 5.82 Å². The molecule has 18 heavy (non-hydrogen) atoms. The van der Waals surface area contributed by atoms with Gasteiger partial charge >= 0.3 is 0 Å². The SMILES string of the molecule is CC1CC(CN)CN1C(=O)c1ccc(F)cc1Br. The maximum atomic E-state index is 13.0. The van der Waals surface area contributed by atoms with Crippen molar-refractivity contribution in [2.45, 2.75) is 19.4 Å². The molecule has 3 nitrogen and oxygen atoms in total. The standard InChI is InChI=1S/C13H16BrFN2O/c1-8-4-9(6-16)7-17(8)13(18)11-3-2-10(15)5-12(11)14/h2-3,5,8-9H,4,6-7,16H2,1H3. The van der Waals surface area contributed by atoms with Gasteiger partial charge in [-0.2, -0.15) is 0 Å². The molecule has 1 aromatic rings. The minimum absolute atomic E-state index is 0.0645. The molecule has 98 valence electrons. The third-order valence-corrected chi connectivity index (χ3v) is 4.07. The summed E-state index contributed by atoms with van der Waals surface area (Å²) in [6, 6.07) is 4.32. The molecular formula is C13H16BrFN2O. The second-order valence-electron chi connectivity index (χ2n) is 4.77. The summed E-state index contributed by atoms with van der Waals surface area (Å²) >= 11 is 3.23. The number of hydrogen-bond donors (Lipinski definition) is 1. The van der Waals surface area contributed by atoms with Gasteiger partial charge in [0.2, 0.25) is 0 Å². The number of likely N-dealkylation sites (tertiary alicyclic amines) is 1. The lowest BCUT2D eigenvalue weighted by Crippen LogP contribution is -2.34. The highest BCUT2D eigenvalue weighted by molar-refractivity contribution is 9.10. The van der Waals surface area contributed by atoms with Gasteiger partial charge in [-0.15, -0.1) is 0 Å². The van der Waals surface area contributed by atoms with E-state index in [1.54, 1.807) is 0 Å². The van der Waals surface area contributed by atoms with E-state index in [9.17, 15) is 9.18 Å². The zero-order valence-electron chi connectivity index (χ0n) is 10.2. The van der Waals surface area contributed by atoms with Crippen molar-refractivity contribution in [3.63, 3.8) is 0 Å². The molecule has 2 N–H and O–H groups in total. The van der Waals surface area contributed by atoms with Crippen LogP contribution >= 0.6 is 15.9 Å². The molecule has 2 rings (SSSR count). The van der Waals surface area contributed by atoms with Crippen LogP contribution < -0.4 is 5.73 Å². The maximum Gasteiger partial charge on any atom is 0.255 e. The quantitative estimate of drug-likeness (QED) is 0.911. The van der Waals surface area contributed by atoms with E-state index in [1.807, 2.05) is 11.8 Å². The molecule has 5 heteroatoms. The van der Waals surface area contributed by atoms with Crippen LogP contribution in [0.1, 0.15) is 23.7 Å². The highest BCUT2D eigenvalue weighted by Gasteiger charge is 2.32. The average molecular weight is 315 g/mol. The van der Waals surface area contributed by atoms with Crippen molar-refractivity contribution in [2.75, 3.05) is 13.1 Å². The number of hydrogen-bond acceptors (Lipinski definition) is 2. The van der Waals surface area contributed by atoms with E-state index in [1.165, 1.54) is 18.2 Å². The van der Waals surface area contributed by atoms with Crippen molar-refractivity contribution in [1.29, 1.82) is 0 Å². The van der Waals surface area contributed by atoms with E-state index >= 15 is 0 Å². The van der Waals surface area contributed by atoms with Crippen molar-refractivity contribution in [3.05, 3.63) is 34.1 Å². The summed E-state index contributed by atoms with van der Waals surface area (Å²) < 4.78 is 13.5. The number of rotatable bonds is 2. The first kappa shape index (κ1) is 13.5. The molecule has 2 atom stereocenters. The third-order valence-electron chi connectivity index (χ3n) is 3.42. The van der Waals surface area contributed by atoms with Gasteiger partial charge < -0.3 is 10.6 Å². The van der Waals surface area contributed by atoms with Gasteiger partial charge in [0.25, 0.3) is 5.91 Å². The van der Waals surface area contributed by atoms with Gasteiger partial charge in [0.15, 0.2) is 0 Å². The molecular weight excluding hydrogens is 299 g/mol. The number of amides is 1. The molecule has 1 aliphatic heterocycles. The number of halogens is 2. The summed E-state index contributed by atoms with van der Waals surface area (Å²) in [6.07, 6.45) is 0.932. The van der Waals surface area contributed by atoms with Gasteiger partial charge in [0.05, 0.1) is 5.56 Å². The van der Waals surface area contributed by atoms with E-state index < -0.39 is 0 Å². The molecule has 0 aliphatic carbocycles. The first-order chi connectivity index (χ1) is 8.52. The summed E-state index contributed by atoms with van der Waals surface area (Å²) in [4.78, 5) is 14.2. The first-order valence-electron chi connectivity index (χ1n) is 5.99. The molecule has 0 aromatic heterocycles. The van der Waals surface area contributed by atoms with E-state index in [4.69, 9.17) is 5.73 Å². The molecule has 2 unspecified atom stereocenters. The Morgan fingerprint density at radius 1 is 1.61 bits per heavy atom. The highest BCUT2D eigenvalue weighted by atomic mass is 79.9. The third kappa shape index (κ3) is 2.57. The van der Waals surface area contributed by atoms with Crippen LogP contribution in [0.15, 0.2) is 22.7 Å². The van der Waals surface area contributed by atoms with E-state index in [2.05, 4.69) is 15.9 Å². The molecule has 1 heterocycles. The number of benzene rings is 1. The molecule has 0 bridgehead atoms.